The summed E-state index contributed by atoms with van der Waals surface area (Å²) in [5, 5.41) is 0.593. The maximum atomic E-state index is 12.5. The highest BCUT2D eigenvalue weighted by atomic mass is 16.5. The Bertz CT molecular complexity index is 798. The third kappa shape index (κ3) is 5.33. The van der Waals surface area contributed by atoms with Gasteiger partial charge >= 0.3 is 0 Å². The monoisotopic (exact) mass is 341 g/mol. The molecular weight excluding hydrogens is 314 g/mol. The first-order valence-corrected chi connectivity index (χ1v) is 8.99. The molecule has 0 bridgehead atoms. The molecule has 0 aliphatic heterocycles. The molecule has 134 valence electrons. The van der Waals surface area contributed by atoms with Crippen molar-refractivity contribution in [3.63, 3.8) is 0 Å². The van der Waals surface area contributed by atoms with Crippen LogP contribution in [-0.4, -0.2) is 40.7 Å². The van der Waals surface area contributed by atoms with E-state index >= 15 is 0 Å². The average Bonchev–Trinajstić information content (AvgIpc) is 2.64. The lowest BCUT2D eigenvalue weighted by Gasteiger charge is -2.13. The first kappa shape index (κ1) is 19.0. The number of hydrogen-bond donors (Lipinski definition) is 0. The van der Waals surface area contributed by atoms with Crippen molar-refractivity contribution >= 4 is 10.9 Å². The number of aromatic nitrogens is 2. The summed E-state index contributed by atoms with van der Waals surface area (Å²) >= 11 is 0. The van der Waals surface area contributed by atoms with Gasteiger partial charge < -0.3 is 4.74 Å². The summed E-state index contributed by atoms with van der Waals surface area (Å²) in [6.45, 7) is 10.1. The average molecular weight is 341 g/mol. The predicted octanol–water partition coefficient (Wildman–Crippen LogP) is 2.92. The Morgan fingerprint density at radius 1 is 1.20 bits per heavy atom. The van der Waals surface area contributed by atoms with Crippen molar-refractivity contribution < 1.29 is 4.74 Å². The van der Waals surface area contributed by atoms with E-state index in [1.807, 2.05) is 12.1 Å². The quantitative estimate of drug-likeness (QED) is 0.547. The minimum absolute atomic E-state index is 0.0674. The van der Waals surface area contributed by atoms with E-state index in [-0.39, 0.29) is 5.56 Å². The maximum absolute atomic E-state index is 12.5. The number of fused-ring (bicyclic) bond motifs is 1. The first-order chi connectivity index (χ1) is 12.2. The second-order valence-corrected chi connectivity index (χ2v) is 5.87. The van der Waals surface area contributed by atoms with Gasteiger partial charge in [0.05, 0.1) is 36.9 Å². The molecule has 25 heavy (non-hydrogen) atoms. The zero-order chi connectivity index (χ0) is 18.1. The second-order valence-electron chi connectivity index (χ2n) is 5.87. The van der Waals surface area contributed by atoms with E-state index in [4.69, 9.17) is 4.74 Å². The number of hydrogen-bond acceptors (Lipinski definition) is 4. The molecule has 0 N–H and O–H groups in total. The van der Waals surface area contributed by atoms with E-state index in [1.54, 1.807) is 17.0 Å². The molecule has 0 saturated heterocycles. The molecule has 0 unspecified atom stereocenters. The number of benzene rings is 1. The molecule has 0 amide bonds. The fourth-order valence-electron chi connectivity index (χ4n) is 2.43. The van der Waals surface area contributed by atoms with Gasteiger partial charge in [-0.1, -0.05) is 39.0 Å². The van der Waals surface area contributed by atoms with Gasteiger partial charge in [0.1, 0.15) is 5.75 Å². The van der Waals surface area contributed by atoms with Crippen LogP contribution in [0.15, 0.2) is 29.3 Å². The molecule has 0 fully saturated rings. The van der Waals surface area contributed by atoms with Crippen LogP contribution < -0.4 is 10.3 Å². The highest BCUT2D eigenvalue weighted by Crippen LogP contribution is 2.16. The van der Waals surface area contributed by atoms with Crippen LogP contribution in [0.2, 0.25) is 0 Å². The predicted molar refractivity (Wildman–Crippen MR) is 102 cm³/mol. The maximum Gasteiger partial charge on any atom is 0.262 e. The van der Waals surface area contributed by atoms with Gasteiger partial charge in [-0.05, 0) is 31.6 Å². The van der Waals surface area contributed by atoms with E-state index in [9.17, 15) is 4.79 Å². The molecule has 1 aromatic carbocycles. The Morgan fingerprint density at radius 3 is 2.72 bits per heavy atom. The van der Waals surface area contributed by atoms with Crippen molar-refractivity contribution in [2.75, 3.05) is 26.2 Å². The summed E-state index contributed by atoms with van der Waals surface area (Å²) < 4.78 is 7.22. The Hall–Kier alpha value is -2.32. The molecule has 5 heteroatoms. The fraction of sp³-hybridized carbons (Fsp3) is 0.500. The molecule has 0 spiro atoms. The molecule has 1 heterocycles. The Balaban J connectivity index is 2.10. The summed E-state index contributed by atoms with van der Waals surface area (Å²) in [6.07, 6.45) is 3.66. The van der Waals surface area contributed by atoms with Gasteiger partial charge in [0.25, 0.3) is 5.56 Å². The van der Waals surface area contributed by atoms with E-state index < -0.39 is 0 Å². The number of nitrogens with zero attached hydrogens (tertiary/aromatic N) is 3. The number of rotatable bonds is 8. The van der Waals surface area contributed by atoms with Gasteiger partial charge in [0.15, 0.2) is 0 Å². The van der Waals surface area contributed by atoms with Crippen LogP contribution in [0.25, 0.3) is 10.9 Å². The van der Waals surface area contributed by atoms with Crippen LogP contribution in [-0.2, 0) is 6.54 Å². The lowest BCUT2D eigenvalue weighted by molar-refractivity contribution is 0.310. The second kappa shape index (κ2) is 9.85. The van der Waals surface area contributed by atoms with Crippen molar-refractivity contribution in [3.8, 4) is 17.6 Å². The van der Waals surface area contributed by atoms with Crippen molar-refractivity contribution in [2.45, 2.75) is 40.2 Å². The highest BCUT2D eigenvalue weighted by molar-refractivity contribution is 5.78. The van der Waals surface area contributed by atoms with Crippen molar-refractivity contribution in [3.05, 3.63) is 34.9 Å². The van der Waals surface area contributed by atoms with Crippen LogP contribution >= 0.6 is 0 Å². The molecule has 2 rings (SSSR count). The Labute approximate surface area is 149 Å². The van der Waals surface area contributed by atoms with Crippen LogP contribution in [0.4, 0.5) is 0 Å². The topological polar surface area (TPSA) is 47.4 Å². The van der Waals surface area contributed by atoms with E-state index in [2.05, 4.69) is 42.5 Å². The molecular formula is C20H27N3O2. The molecule has 0 atom stereocenters. The zero-order valence-electron chi connectivity index (χ0n) is 15.4. The van der Waals surface area contributed by atoms with Crippen molar-refractivity contribution in [2.24, 2.45) is 0 Å². The largest absolute Gasteiger partial charge is 0.494 e. The number of unbranched alkanes of at least 4 members (excludes halogenated alkanes) is 1. The molecule has 0 aliphatic carbocycles. The summed E-state index contributed by atoms with van der Waals surface area (Å²) in [4.78, 5) is 19.2. The molecule has 1 aromatic heterocycles. The van der Waals surface area contributed by atoms with Gasteiger partial charge in [-0.3, -0.25) is 14.3 Å². The van der Waals surface area contributed by atoms with Crippen LogP contribution in [0.5, 0.6) is 5.75 Å². The normalized spacial score (nSPS) is 10.7. The molecule has 0 aliphatic rings. The van der Waals surface area contributed by atoms with E-state index in [1.165, 1.54) is 0 Å². The standard InChI is InChI=1S/C20H27N3O2/c1-4-7-14-25-17-10-11-18-19(15-17)21-16-23(20(18)24)13-9-8-12-22(5-2)6-3/h10-11,15-16H,4-7,12-14H2,1-3H3. The van der Waals surface area contributed by atoms with E-state index in [0.29, 0.717) is 24.1 Å². The fourth-order valence-corrected chi connectivity index (χ4v) is 2.43. The lowest BCUT2D eigenvalue weighted by Crippen LogP contribution is -2.23. The molecule has 0 radical (unpaired) electrons. The van der Waals surface area contributed by atoms with Crippen molar-refractivity contribution in [1.82, 2.24) is 14.5 Å². The highest BCUT2D eigenvalue weighted by Gasteiger charge is 2.05. The number of ether oxygens (including phenoxy) is 1. The minimum atomic E-state index is -0.0674. The van der Waals surface area contributed by atoms with Gasteiger partial charge in [0, 0.05) is 6.07 Å². The van der Waals surface area contributed by atoms with Gasteiger partial charge in [-0.2, -0.15) is 0 Å². The van der Waals surface area contributed by atoms with Crippen LogP contribution in [0.1, 0.15) is 33.6 Å². The first-order valence-electron chi connectivity index (χ1n) is 8.99. The Kier molecular flexibility index (Phi) is 7.49. The summed E-state index contributed by atoms with van der Waals surface area (Å²) in [5.74, 6) is 6.93. The lowest BCUT2D eigenvalue weighted by atomic mass is 10.2. The smallest absolute Gasteiger partial charge is 0.262 e. The van der Waals surface area contributed by atoms with Gasteiger partial charge in [0.2, 0.25) is 0 Å². The zero-order valence-corrected chi connectivity index (χ0v) is 15.4. The Morgan fingerprint density at radius 2 is 2.00 bits per heavy atom. The molecule has 2 aromatic rings. The van der Waals surface area contributed by atoms with Gasteiger partial charge in [-0.25, -0.2) is 4.98 Å². The summed E-state index contributed by atoms with van der Waals surface area (Å²) in [7, 11) is 0. The molecule has 0 saturated carbocycles. The minimum Gasteiger partial charge on any atom is -0.494 e. The van der Waals surface area contributed by atoms with E-state index in [0.717, 1.165) is 38.2 Å². The van der Waals surface area contributed by atoms with Crippen molar-refractivity contribution in [1.29, 1.82) is 0 Å². The third-order valence-corrected chi connectivity index (χ3v) is 4.13. The third-order valence-electron chi connectivity index (χ3n) is 4.13. The van der Waals surface area contributed by atoms with Crippen LogP contribution in [0.3, 0.4) is 0 Å². The SMILES string of the molecule is CCCCOc1ccc2c(=O)n(CC#CCN(CC)CC)cnc2c1. The van der Waals surface area contributed by atoms with Crippen LogP contribution in [0, 0.1) is 11.8 Å². The molecule has 5 nitrogen and oxygen atoms in total. The van der Waals surface area contributed by atoms with Gasteiger partial charge in [-0.15, -0.1) is 0 Å². The summed E-state index contributed by atoms with van der Waals surface area (Å²) in [6, 6.07) is 5.44. The summed E-state index contributed by atoms with van der Waals surface area (Å²) in [5.41, 5.74) is 0.591.